The fourth-order valence-corrected chi connectivity index (χ4v) is 3.86. The highest BCUT2D eigenvalue weighted by Crippen LogP contribution is 2.45. The average molecular weight is 291 g/mol. The van der Waals surface area contributed by atoms with Crippen LogP contribution in [-0.2, 0) is 0 Å². The van der Waals surface area contributed by atoms with Crippen LogP contribution in [0.3, 0.4) is 0 Å². The van der Waals surface area contributed by atoms with Crippen molar-refractivity contribution >= 4 is 5.91 Å². The number of aliphatic hydroxyl groups is 1. The molecule has 114 valence electrons. The lowest BCUT2D eigenvalue weighted by Crippen LogP contribution is -2.38. The van der Waals surface area contributed by atoms with Crippen molar-refractivity contribution < 1.29 is 9.90 Å². The Bertz CT molecular complexity index is 598. The molecule has 1 heterocycles. The zero-order valence-electron chi connectivity index (χ0n) is 12.4. The molecule has 2 unspecified atom stereocenters. The number of amides is 1. The minimum Gasteiger partial charge on any atom is -0.393 e. The molecule has 2 saturated carbocycles. The van der Waals surface area contributed by atoms with E-state index in [0.717, 1.165) is 25.7 Å². The molecule has 6 nitrogen and oxygen atoms in total. The van der Waals surface area contributed by atoms with Crippen LogP contribution in [0.5, 0.6) is 0 Å². The second-order valence-corrected chi connectivity index (χ2v) is 6.40. The number of hydrogen-bond acceptors (Lipinski definition) is 4. The number of H-pyrrole nitrogens is 1. The van der Waals surface area contributed by atoms with Gasteiger partial charge in [-0.1, -0.05) is 0 Å². The van der Waals surface area contributed by atoms with E-state index in [9.17, 15) is 14.7 Å². The van der Waals surface area contributed by atoms with Gasteiger partial charge in [-0.2, -0.15) is 0 Å². The van der Waals surface area contributed by atoms with Gasteiger partial charge in [0.15, 0.2) is 0 Å². The molecule has 2 N–H and O–H groups in total. The molecule has 0 spiro atoms. The first-order chi connectivity index (χ1) is 9.95. The molecule has 0 aromatic carbocycles. The maximum atomic E-state index is 12.5. The first kappa shape index (κ1) is 14.3. The molecule has 2 aliphatic carbocycles. The minimum absolute atomic E-state index is 0.0974. The Morgan fingerprint density at radius 1 is 1.33 bits per heavy atom. The number of fused-ring (bicyclic) bond motifs is 1. The van der Waals surface area contributed by atoms with Crippen LogP contribution in [0.15, 0.2) is 11.0 Å². The fraction of sp³-hybridized carbons (Fsp3) is 0.667. The van der Waals surface area contributed by atoms with E-state index in [1.54, 1.807) is 18.9 Å². The standard InChI is InChI=1S/C15H21N3O3/c1-8-16-7-13(14(20)17-8)15(21)18(2)11-3-9-5-12(19)6-10(9)4-11/h7,9-12,19H,3-6H2,1-2H3,(H,16,17,20)/t9-,10+,11?,12?. The summed E-state index contributed by atoms with van der Waals surface area (Å²) in [4.78, 5) is 32.6. The van der Waals surface area contributed by atoms with Crippen molar-refractivity contribution in [3.63, 3.8) is 0 Å². The molecule has 0 saturated heterocycles. The first-order valence-electron chi connectivity index (χ1n) is 7.47. The van der Waals surface area contributed by atoms with Gasteiger partial charge in [-0.15, -0.1) is 0 Å². The topological polar surface area (TPSA) is 86.3 Å². The lowest BCUT2D eigenvalue weighted by atomic mass is 10.0. The maximum absolute atomic E-state index is 12.5. The summed E-state index contributed by atoms with van der Waals surface area (Å²) >= 11 is 0. The molecule has 4 atom stereocenters. The third-order valence-electron chi connectivity index (χ3n) is 4.99. The molecule has 0 bridgehead atoms. The fourth-order valence-electron chi connectivity index (χ4n) is 3.86. The quantitative estimate of drug-likeness (QED) is 0.840. The largest absolute Gasteiger partial charge is 0.393 e. The van der Waals surface area contributed by atoms with Crippen molar-refractivity contribution in [2.75, 3.05) is 7.05 Å². The number of nitrogens with one attached hydrogen (secondary N) is 1. The number of carbonyl (C=O) groups is 1. The molecule has 3 rings (SSSR count). The molecule has 1 amide bonds. The summed E-state index contributed by atoms with van der Waals surface area (Å²) in [5.74, 6) is 1.25. The van der Waals surface area contributed by atoms with Crippen molar-refractivity contribution in [3.05, 3.63) is 27.9 Å². The summed E-state index contributed by atoms with van der Waals surface area (Å²) < 4.78 is 0. The van der Waals surface area contributed by atoms with E-state index in [0.29, 0.717) is 17.7 Å². The number of rotatable bonds is 2. The van der Waals surface area contributed by atoms with E-state index in [1.165, 1.54) is 6.20 Å². The number of aryl methyl sites for hydroxylation is 1. The van der Waals surface area contributed by atoms with Crippen molar-refractivity contribution in [3.8, 4) is 0 Å². The molecular formula is C15H21N3O3. The predicted octanol–water partition coefficient (Wildman–Crippen LogP) is 0.700. The highest BCUT2D eigenvalue weighted by atomic mass is 16.3. The molecule has 2 aliphatic rings. The number of carbonyl (C=O) groups excluding carboxylic acids is 1. The van der Waals surface area contributed by atoms with Crippen LogP contribution >= 0.6 is 0 Å². The van der Waals surface area contributed by atoms with Crippen LogP contribution < -0.4 is 5.56 Å². The number of hydrogen-bond donors (Lipinski definition) is 2. The van der Waals surface area contributed by atoms with Gasteiger partial charge in [0.05, 0.1) is 6.10 Å². The molecule has 1 aromatic rings. The number of aliphatic hydroxyl groups excluding tert-OH is 1. The third kappa shape index (κ3) is 2.60. The molecular weight excluding hydrogens is 270 g/mol. The molecule has 2 fully saturated rings. The van der Waals surface area contributed by atoms with E-state index >= 15 is 0 Å². The van der Waals surface area contributed by atoms with Gasteiger partial charge in [0.2, 0.25) is 0 Å². The highest BCUT2D eigenvalue weighted by Gasteiger charge is 2.43. The van der Waals surface area contributed by atoms with Gasteiger partial charge in [0, 0.05) is 19.3 Å². The van der Waals surface area contributed by atoms with Crippen LogP contribution in [0, 0.1) is 18.8 Å². The van der Waals surface area contributed by atoms with Crippen LogP contribution in [0.25, 0.3) is 0 Å². The lowest BCUT2D eigenvalue weighted by Gasteiger charge is -2.25. The van der Waals surface area contributed by atoms with Gasteiger partial charge in [-0.25, -0.2) is 4.98 Å². The van der Waals surface area contributed by atoms with E-state index in [2.05, 4.69) is 9.97 Å². The Kier molecular flexibility index (Phi) is 3.57. The average Bonchev–Trinajstić information content (AvgIpc) is 2.94. The van der Waals surface area contributed by atoms with E-state index in [1.807, 2.05) is 0 Å². The van der Waals surface area contributed by atoms with Gasteiger partial charge in [0.1, 0.15) is 11.4 Å². The normalized spacial score (nSPS) is 31.2. The van der Waals surface area contributed by atoms with Crippen LogP contribution in [0.2, 0.25) is 0 Å². The van der Waals surface area contributed by atoms with Gasteiger partial charge < -0.3 is 15.0 Å². The third-order valence-corrected chi connectivity index (χ3v) is 4.99. The van der Waals surface area contributed by atoms with E-state index in [4.69, 9.17) is 0 Å². The lowest BCUT2D eigenvalue weighted by molar-refractivity contribution is 0.0720. The number of aromatic amines is 1. The Balaban J connectivity index is 1.72. The zero-order valence-corrected chi connectivity index (χ0v) is 12.4. The molecule has 0 radical (unpaired) electrons. The molecule has 1 aromatic heterocycles. The van der Waals surface area contributed by atoms with Crippen molar-refractivity contribution in [2.45, 2.75) is 44.8 Å². The van der Waals surface area contributed by atoms with Crippen LogP contribution in [-0.4, -0.2) is 45.1 Å². The molecule has 6 heteroatoms. The SMILES string of the molecule is Cc1ncc(C(=O)N(C)C2C[C@H]3CC(O)C[C@H]3C2)c(=O)[nH]1. The number of nitrogens with zero attached hydrogens (tertiary/aromatic N) is 2. The monoisotopic (exact) mass is 291 g/mol. The Labute approximate surface area is 123 Å². The second kappa shape index (κ2) is 5.26. The van der Waals surface area contributed by atoms with Crippen molar-refractivity contribution in [1.82, 2.24) is 14.9 Å². The van der Waals surface area contributed by atoms with E-state index in [-0.39, 0.29) is 29.2 Å². The second-order valence-electron chi connectivity index (χ2n) is 6.40. The minimum atomic E-state index is -0.382. The maximum Gasteiger partial charge on any atom is 0.263 e. The van der Waals surface area contributed by atoms with E-state index < -0.39 is 0 Å². The van der Waals surface area contributed by atoms with Crippen LogP contribution in [0.4, 0.5) is 0 Å². The predicted molar refractivity (Wildman–Crippen MR) is 76.9 cm³/mol. The molecule has 0 aliphatic heterocycles. The number of aromatic nitrogens is 2. The highest BCUT2D eigenvalue weighted by molar-refractivity contribution is 5.93. The van der Waals surface area contributed by atoms with Gasteiger partial charge in [-0.3, -0.25) is 9.59 Å². The van der Waals surface area contributed by atoms with Gasteiger partial charge in [-0.05, 0) is 44.4 Å². The summed E-state index contributed by atoms with van der Waals surface area (Å²) in [6.45, 7) is 1.68. The smallest absolute Gasteiger partial charge is 0.263 e. The first-order valence-corrected chi connectivity index (χ1v) is 7.47. The Morgan fingerprint density at radius 3 is 2.52 bits per heavy atom. The van der Waals surface area contributed by atoms with Crippen molar-refractivity contribution in [2.24, 2.45) is 11.8 Å². The van der Waals surface area contributed by atoms with Gasteiger partial charge >= 0.3 is 0 Å². The zero-order chi connectivity index (χ0) is 15.1. The van der Waals surface area contributed by atoms with Gasteiger partial charge in [0.25, 0.3) is 11.5 Å². The van der Waals surface area contributed by atoms with Crippen molar-refractivity contribution in [1.29, 1.82) is 0 Å². The summed E-state index contributed by atoms with van der Waals surface area (Å²) in [5, 5.41) is 9.68. The summed E-state index contributed by atoms with van der Waals surface area (Å²) in [5.41, 5.74) is -0.284. The summed E-state index contributed by atoms with van der Waals surface area (Å²) in [6.07, 6.45) is 4.70. The van der Waals surface area contributed by atoms with Crippen LogP contribution in [0.1, 0.15) is 41.9 Å². The molecule has 21 heavy (non-hydrogen) atoms. The summed E-state index contributed by atoms with van der Waals surface area (Å²) in [6, 6.07) is 0.153. The Morgan fingerprint density at radius 2 is 1.95 bits per heavy atom. The summed E-state index contributed by atoms with van der Waals surface area (Å²) in [7, 11) is 1.75. The Hall–Kier alpha value is -1.69.